The molecule has 1 aliphatic rings. The predicted molar refractivity (Wildman–Crippen MR) is 95.0 cm³/mol. The van der Waals surface area contributed by atoms with E-state index < -0.39 is 0 Å². The van der Waals surface area contributed by atoms with Gasteiger partial charge in [0.2, 0.25) is 0 Å². The van der Waals surface area contributed by atoms with Crippen LogP contribution in [0.25, 0.3) is 0 Å². The third kappa shape index (κ3) is 3.87. The van der Waals surface area contributed by atoms with Crippen LogP contribution < -0.4 is 9.47 Å². The molecule has 1 amide bonds. The first-order valence-electron chi connectivity index (χ1n) is 8.49. The molecule has 5 nitrogen and oxygen atoms in total. The molecule has 0 N–H and O–H groups in total. The van der Waals surface area contributed by atoms with Crippen molar-refractivity contribution in [3.8, 4) is 11.5 Å². The number of rotatable bonds is 5. The van der Waals surface area contributed by atoms with Crippen LogP contribution in [0.3, 0.4) is 0 Å². The van der Waals surface area contributed by atoms with Gasteiger partial charge in [-0.05, 0) is 24.6 Å². The lowest BCUT2D eigenvalue weighted by molar-refractivity contribution is 0.0667. The van der Waals surface area contributed by atoms with Crippen molar-refractivity contribution in [1.29, 1.82) is 0 Å². The Morgan fingerprint density at radius 3 is 2.72 bits per heavy atom. The Morgan fingerprint density at radius 1 is 1.20 bits per heavy atom. The minimum atomic E-state index is -0.321. The highest BCUT2D eigenvalue weighted by Crippen LogP contribution is 2.34. The fourth-order valence-electron chi connectivity index (χ4n) is 3.08. The molecule has 1 heterocycles. The number of nitrogens with zero attached hydrogens (tertiary/aromatic N) is 1. The van der Waals surface area contributed by atoms with E-state index in [1.165, 1.54) is 0 Å². The van der Waals surface area contributed by atoms with Gasteiger partial charge in [-0.15, -0.1) is 0 Å². The van der Waals surface area contributed by atoms with Crippen LogP contribution in [-0.4, -0.2) is 37.4 Å². The zero-order valence-corrected chi connectivity index (χ0v) is 14.6. The lowest BCUT2D eigenvalue weighted by Gasteiger charge is -2.35. The number of fused-ring (bicyclic) bond motifs is 1. The van der Waals surface area contributed by atoms with Crippen LogP contribution in [0.2, 0.25) is 0 Å². The van der Waals surface area contributed by atoms with Crippen LogP contribution in [0.4, 0.5) is 4.79 Å². The average molecular weight is 341 g/mol. The maximum absolute atomic E-state index is 12.5. The molecule has 0 spiro atoms. The maximum Gasteiger partial charge on any atom is 0.410 e. The molecular weight excluding hydrogens is 318 g/mol. The Balaban J connectivity index is 1.85. The van der Waals surface area contributed by atoms with Gasteiger partial charge in [-0.2, -0.15) is 0 Å². The number of methoxy groups -OCH3 is 1. The fraction of sp³-hybridized carbons (Fsp3) is 0.350. The van der Waals surface area contributed by atoms with Crippen molar-refractivity contribution in [2.75, 3.05) is 20.3 Å². The van der Waals surface area contributed by atoms with Crippen LogP contribution in [0, 0.1) is 0 Å². The highest BCUT2D eigenvalue weighted by Gasteiger charge is 2.31. The van der Waals surface area contributed by atoms with Gasteiger partial charge in [-0.1, -0.05) is 36.4 Å². The molecule has 1 aliphatic heterocycles. The normalized spacial score (nSPS) is 15.7. The van der Waals surface area contributed by atoms with E-state index in [0.29, 0.717) is 26.2 Å². The molecule has 132 valence electrons. The summed E-state index contributed by atoms with van der Waals surface area (Å²) in [5.41, 5.74) is 2.05. The molecule has 3 rings (SSSR count). The molecule has 1 unspecified atom stereocenters. The smallest absolute Gasteiger partial charge is 0.410 e. The molecule has 0 bridgehead atoms. The second kappa shape index (κ2) is 7.92. The molecule has 1 atom stereocenters. The highest BCUT2D eigenvalue weighted by atomic mass is 16.6. The lowest BCUT2D eigenvalue weighted by atomic mass is 10.00. The molecule has 0 radical (unpaired) electrons. The van der Waals surface area contributed by atoms with E-state index >= 15 is 0 Å². The quantitative estimate of drug-likeness (QED) is 0.833. The summed E-state index contributed by atoms with van der Waals surface area (Å²) >= 11 is 0. The molecule has 5 heteroatoms. The molecule has 0 fully saturated rings. The number of amides is 1. The van der Waals surface area contributed by atoms with Crippen molar-refractivity contribution in [3.63, 3.8) is 0 Å². The standard InChI is InChI=1S/C20H23NO4/c1-3-24-20(22)21(13-15-8-5-4-6-9-15)16-12-17-18(23-2)10-7-11-19(17)25-14-16/h4-11,16H,3,12-14H2,1-2H3. The second-order valence-corrected chi connectivity index (χ2v) is 5.92. The number of benzene rings is 2. The topological polar surface area (TPSA) is 48.0 Å². The summed E-state index contributed by atoms with van der Waals surface area (Å²) in [5.74, 6) is 1.60. The van der Waals surface area contributed by atoms with Crippen LogP contribution in [0.15, 0.2) is 48.5 Å². The molecule has 2 aromatic carbocycles. The molecule has 0 saturated heterocycles. The van der Waals surface area contributed by atoms with Crippen molar-refractivity contribution < 1.29 is 19.0 Å². The first kappa shape index (κ1) is 17.1. The Morgan fingerprint density at radius 2 is 2.00 bits per heavy atom. The first-order valence-corrected chi connectivity index (χ1v) is 8.49. The van der Waals surface area contributed by atoms with Gasteiger partial charge in [-0.3, -0.25) is 4.90 Å². The summed E-state index contributed by atoms with van der Waals surface area (Å²) in [5, 5.41) is 0. The van der Waals surface area contributed by atoms with Gasteiger partial charge in [-0.25, -0.2) is 4.79 Å². The summed E-state index contributed by atoms with van der Waals surface area (Å²) in [6.45, 7) is 3.08. The third-order valence-corrected chi connectivity index (χ3v) is 4.32. The average Bonchev–Trinajstić information content (AvgIpc) is 2.66. The van der Waals surface area contributed by atoms with E-state index in [-0.39, 0.29) is 12.1 Å². The molecule has 25 heavy (non-hydrogen) atoms. The second-order valence-electron chi connectivity index (χ2n) is 5.92. The summed E-state index contributed by atoms with van der Waals surface area (Å²) in [4.78, 5) is 14.3. The van der Waals surface area contributed by atoms with Crippen molar-refractivity contribution in [2.45, 2.75) is 25.9 Å². The fourth-order valence-corrected chi connectivity index (χ4v) is 3.08. The number of hydrogen-bond donors (Lipinski definition) is 0. The Kier molecular flexibility index (Phi) is 5.43. The Hall–Kier alpha value is -2.69. The van der Waals surface area contributed by atoms with Gasteiger partial charge in [0.1, 0.15) is 18.1 Å². The summed E-state index contributed by atoms with van der Waals surface area (Å²) in [6.07, 6.45) is 0.351. The van der Waals surface area contributed by atoms with Crippen molar-refractivity contribution in [1.82, 2.24) is 4.90 Å². The van der Waals surface area contributed by atoms with E-state index in [0.717, 1.165) is 22.6 Å². The molecule has 0 saturated carbocycles. The van der Waals surface area contributed by atoms with Gasteiger partial charge in [0.25, 0.3) is 0 Å². The zero-order chi connectivity index (χ0) is 17.6. The number of ether oxygens (including phenoxy) is 3. The van der Waals surface area contributed by atoms with Gasteiger partial charge in [0.15, 0.2) is 0 Å². The van der Waals surface area contributed by atoms with Gasteiger partial charge < -0.3 is 14.2 Å². The van der Waals surface area contributed by atoms with Crippen molar-refractivity contribution in [2.24, 2.45) is 0 Å². The van der Waals surface area contributed by atoms with Gasteiger partial charge in [0.05, 0.1) is 19.8 Å². The SMILES string of the molecule is CCOC(=O)N(Cc1ccccc1)C1COc2cccc(OC)c2C1. The van der Waals surface area contributed by atoms with E-state index in [4.69, 9.17) is 14.2 Å². The van der Waals surface area contributed by atoms with Crippen molar-refractivity contribution >= 4 is 6.09 Å². The number of carbonyl (C=O) groups is 1. The Bertz CT molecular complexity index is 703. The Labute approximate surface area is 148 Å². The van der Waals surface area contributed by atoms with E-state index in [2.05, 4.69) is 0 Å². The van der Waals surface area contributed by atoms with E-state index in [1.54, 1.807) is 12.0 Å². The van der Waals surface area contributed by atoms with Crippen LogP contribution in [-0.2, 0) is 17.7 Å². The first-order chi connectivity index (χ1) is 12.2. The minimum absolute atomic E-state index is 0.108. The highest BCUT2D eigenvalue weighted by molar-refractivity contribution is 5.68. The number of hydrogen-bond acceptors (Lipinski definition) is 4. The number of carbonyl (C=O) groups excluding carboxylic acids is 1. The predicted octanol–water partition coefficient (Wildman–Crippen LogP) is 3.66. The third-order valence-electron chi connectivity index (χ3n) is 4.32. The monoisotopic (exact) mass is 341 g/mol. The molecule has 0 aromatic heterocycles. The molecule has 2 aromatic rings. The zero-order valence-electron chi connectivity index (χ0n) is 14.6. The van der Waals surface area contributed by atoms with Crippen LogP contribution in [0.5, 0.6) is 11.5 Å². The van der Waals surface area contributed by atoms with Crippen LogP contribution >= 0.6 is 0 Å². The van der Waals surface area contributed by atoms with Gasteiger partial charge >= 0.3 is 6.09 Å². The largest absolute Gasteiger partial charge is 0.496 e. The molecular formula is C20H23NO4. The lowest BCUT2D eigenvalue weighted by Crippen LogP contribution is -2.46. The maximum atomic E-state index is 12.5. The van der Waals surface area contributed by atoms with Gasteiger partial charge in [0, 0.05) is 18.5 Å². The van der Waals surface area contributed by atoms with E-state index in [1.807, 2.05) is 55.5 Å². The molecule has 0 aliphatic carbocycles. The summed E-state index contributed by atoms with van der Waals surface area (Å²) in [7, 11) is 1.65. The van der Waals surface area contributed by atoms with Crippen molar-refractivity contribution in [3.05, 3.63) is 59.7 Å². The summed E-state index contributed by atoms with van der Waals surface area (Å²) in [6, 6.07) is 15.5. The summed E-state index contributed by atoms with van der Waals surface area (Å²) < 4.78 is 16.6. The minimum Gasteiger partial charge on any atom is -0.496 e. The van der Waals surface area contributed by atoms with E-state index in [9.17, 15) is 4.79 Å². The van der Waals surface area contributed by atoms with Crippen LogP contribution in [0.1, 0.15) is 18.1 Å².